The Morgan fingerprint density at radius 1 is 1.34 bits per heavy atom. The number of aliphatic imine (C=N–C) groups is 1. The standard InChI is InChI=1S/C30H43ClN2O5/c1-18(14-15-30(5)19(2)11-13-25(34)21(30)4)10-12-22-27(35)23(20(3)26(31)28(22)38-6)17-33-16-8-7-9-24(32)29(36)37/h10,14-15,17,19,21,24,35H,7-9,11-13,16,32H2,1-6H3,(H,36,37)/b15-14+,18-10+,33-17?/t19-,21+,24+,30+/m1/s1. The molecule has 0 heterocycles. The number of aromatic hydroxyl groups is 1. The van der Waals surface area contributed by atoms with E-state index in [0.717, 1.165) is 12.0 Å². The van der Waals surface area contributed by atoms with Crippen LogP contribution in [0.1, 0.15) is 76.5 Å². The van der Waals surface area contributed by atoms with Crippen molar-refractivity contribution in [1.82, 2.24) is 0 Å². The Morgan fingerprint density at radius 2 is 2.03 bits per heavy atom. The lowest BCUT2D eigenvalue weighted by Crippen LogP contribution is -2.40. The average Bonchev–Trinajstić information content (AvgIpc) is 2.88. The average molecular weight is 547 g/mol. The summed E-state index contributed by atoms with van der Waals surface area (Å²) in [6.07, 6.45) is 11.5. The molecule has 4 N–H and O–H groups in total. The van der Waals surface area contributed by atoms with Gasteiger partial charge in [0, 0.05) is 36.2 Å². The molecule has 4 atom stereocenters. The molecule has 1 fully saturated rings. The summed E-state index contributed by atoms with van der Waals surface area (Å²) in [5, 5.41) is 20.4. The zero-order chi connectivity index (χ0) is 28.6. The normalized spacial score (nSPS) is 23.4. The van der Waals surface area contributed by atoms with E-state index in [9.17, 15) is 14.7 Å². The second-order valence-electron chi connectivity index (χ2n) is 10.7. The van der Waals surface area contributed by atoms with Gasteiger partial charge in [0.2, 0.25) is 0 Å². The highest BCUT2D eigenvalue weighted by Crippen LogP contribution is 2.45. The van der Waals surface area contributed by atoms with E-state index in [-0.39, 0.29) is 17.1 Å². The highest BCUT2D eigenvalue weighted by atomic mass is 35.5. The number of benzene rings is 1. The second-order valence-corrected chi connectivity index (χ2v) is 11.0. The first-order valence-electron chi connectivity index (χ1n) is 13.3. The minimum atomic E-state index is -1.00. The van der Waals surface area contributed by atoms with E-state index in [0.29, 0.717) is 77.8 Å². The van der Waals surface area contributed by atoms with Crippen LogP contribution >= 0.6 is 11.6 Å². The number of halogens is 1. The Labute approximate surface area is 231 Å². The number of carboxylic acids is 1. The van der Waals surface area contributed by atoms with Crippen LogP contribution in [0, 0.1) is 24.2 Å². The zero-order valence-corrected chi connectivity index (χ0v) is 24.3. The maximum Gasteiger partial charge on any atom is 0.320 e. The molecule has 0 spiro atoms. The summed E-state index contributed by atoms with van der Waals surface area (Å²) in [5.41, 5.74) is 8.12. The maximum absolute atomic E-state index is 12.3. The van der Waals surface area contributed by atoms with Gasteiger partial charge in [-0.25, -0.2) is 0 Å². The predicted octanol–water partition coefficient (Wildman–Crippen LogP) is 6.05. The van der Waals surface area contributed by atoms with Crippen LogP contribution in [-0.4, -0.2) is 47.9 Å². The first kappa shape index (κ1) is 31.6. The van der Waals surface area contributed by atoms with E-state index in [2.05, 4.69) is 31.0 Å². The number of Topliss-reactive ketones (excluding diaryl/α,β-unsaturated/α-hetero) is 1. The lowest BCUT2D eigenvalue weighted by Gasteiger charge is -2.42. The zero-order valence-electron chi connectivity index (χ0n) is 23.5. The molecule has 0 aliphatic heterocycles. The van der Waals surface area contributed by atoms with Crippen LogP contribution < -0.4 is 10.5 Å². The van der Waals surface area contributed by atoms with Crippen molar-refractivity contribution in [3.05, 3.63) is 45.5 Å². The molecule has 0 amide bonds. The highest BCUT2D eigenvalue weighted by Gasteiger charge is 2.41. The number of nitrogens with two attached hydrogens (primary N) is 1. The van der Waals surface area contributed by atoms with Crippen molar-refractivity contribution in [1.29, 1.82) is 0 Å². The molecule has 0 saturated heterocycles. The fourth-order valence-corrected chi connectivity index (χ4v) is 5.18. The molecule has 1 saturated carbocycles. The quantitative estimate of drug-likeness (QED) is 0.167. The Morgan fingerprint density at radius 3 is 2.66 bits per heavy atom. The molecule has 0 radical (unpaired) electrons. The molecular formula is C30H43ClN2O5. The third kappa shape index (κ3) is 7.48. The third-order valence-electron chi connectivity index (χ3n) is 8.18. The van der Waals surface area contributed by atoms with Gasteiger partial charge in [-0.3, -0.25) is 14.6 Å². The van der Waals surface area contributed by atoms with Crippen molar-refractivity contribution in [2.24, 2.45) is 28.0 Å². The van der Waals surface area contributed by atoms with Gasteiger partial charge in [-0.1, -0.05) is 56.2 Å². The number of carbonyl (C=O) groups is 2. The summed E-state index contributed by atoms with van der Waals surface area (Å²) >= 11 is 6.61. The van der Waals surface area contributed by atoms with Crippen LogP contribution in [0.15, 0.2) is 28.8 Å². The Hall–Kier alpha value is -2.64. The summed E-state index contributed by atoms with van der Waals surface area (Å²) in [5.74, 6) is 0.207. The smallest absolute Gasteiger partial charge is 0.320 e. The van der Waals surface area contributed by atoms with Gasteiger partial charge in [0.1, 0.15) is 23.3 Å². The number of carbonyl (C=O) groups excluding carboxylic acids is 1. The number of hydrogen-bond acceptors (Lipinski definition) is 6. The van der Waals surface area contributed by atoms with E-state index < -0.39 is 12.0 Å². The van der Waals surface area contributed by atoms with Gasteiger partial charge in [0.05, 0.1) is 12.1 Å². The second kappa shape index (κ2) is 13.9. The van der Waals surface area contributed by atoms with E-state index in [1.165, 1.54) is 7.11 Å². The first-order valence-corrected chi connectivity index (χ1v) is 13.7. The number of hydrogen-bond donors (Lipinski definition) is 3. The number of aliphatic carboxylic acids is 1. The number of nitrogens with zero attached hydrogens (tertiary/aromatic N) is 1. The lowest BCUT2D eigenvalue weighted by atomic mass is 9.61. The van der Waals surface area contributed by atoms with Gasteiger partial charge >= 0.3 is 5.97 Å². The number of phenols is 1. The lowest BCUT2D eigenvalue weighted by molar-refractivity contribution is -0.138. The molecule has 8 heteroatoms. The summed E-state index contributed by atoms with van der Waals surface area (Å²) in [7, 11) is 1.53. The summed E-state index contributed by atoms with van der Waals surface area (Å²) < 4.78 is 5.55. The minimum Gasteiger partial charge on any atom is -0.507 e. The number of rotatable bonds is 12. The molecule has 38 heavy (non-hydrogen) atoms. The molecule has 7 nitrogen and oxygen atoms in total. The minimum absolute atomic E-state index is 0.0221. The Bertz CT molecular complexity index is 1110. The van der Waals surface area contributed by atoms with Gasteiger partial charge in [-0.15, -0.1) is 0 Å². The number of unbranched alkanes of at least 4 members (excludes halogenated alkanes) is 1. The SMILES string of the molecule is COc1c(Cl)c(C)c(C=NCCCC[C@H](N)C(=O)O)c(O)c1C/C=C(C)/C=C/[C@@]1(C)[C@H](C)CCC(=O)[C@@H]1C. The molecule has 2 rings (SSSR count). The van der Waals surface area contributed by atoms with Crippen LogP contribution in [0.3, 0.4) is 0 Å². The summed E-state index contributed by atoms with van der Waals surface area (Å²) in [6.45, 7) is 10.7. The maximum atomic E-state index is 12.3. The van der Waals surface area contributed by atoms with E-state index in [4.69, 9.17) is 27.2 Å². The number of allylic oxidation sites excluding steroid dienone is 4. The molecule has 210 valence electrons. The molecular weight excluding hydrogens is 504 g/mol. The predicted molar refractivity (Wildman–Crippen MR) is 154 cm³/mol. The van der Waals surface area contributed by atoms with Gasteiger partial charge in [-0.05, 0) is 62.8 Å². The third-order valence-corrected chi connectivity index (χ3v) is 8.63. The van der Waals surface area contributed by atoms with Crippen LogP contribution in [0.4, 0.5) is 0 Å². The van der Waals surface area contributed by atoms with Gasteiger partial charge < -0.3 is 20.7 Å². The van der Waals surface area contributed by atoms with Crippen LogP contribution in [0.2, 0.25) is 5.02 Å². The van der Waals surface area contributed by atoms with Crippen molar-refractivity contribution in [3.8, 4) is 11.5 Å². The first-order chi connectivity index (χ1) is 17.8. The summed E-state index contributed by atoms with van der Waals surface area (Å²) in [4.78, 5) is 27.6. The number of ketones is 1. The number of ether oxygens (including phenoxy) is 1. The van der Waals surface area contributed by atoms with Crippen molar-refractivity contribution >= 4 is 29.6 Å². The molecule has 1 aromatic rings. The molecule has 0 bridgehead atoms. The molecule has 1 aliphatic carbocycles. The van der Waals surface area contributed by atoms with E-state index in [1.54, 1.807) is 13.1 Å². The van der Waals surface area contributed by atoms with Crippen LogP contribution in [0.25, 0.3) is 0 Å². The number of phenolic OH excluding ortho intramolecular Hbond substituents is 1. The number of carboxylic acid groups (broad SMARTS) is 1. The molecule has 0 aromatic heterocycles. The summed E-state index contributed by atoms with van der Waals surface area (Å²) in [6, 6.07) is -0.862. The van der Waals surface area contributed by atoms with Gasteiger partial charge in [0.15, 0.2) is 0 Å². The van der Waals surface area contributed by atoms with Gasteiger partial charge in [0.25, 0.3) is 0 Å². The van der Waals surface area contributed by atoms with Crippen molar-refractivity contribution in [2.75, 3.05) is 13.7 Å². The van der Waals surface area contributed by atoms with Crippen molar-refractivity contribution < 1.29 is 24.5 Å². The number of methoxy groups -OCH3 is 1. The largest absolute Gasteiger partial charge is 0.507 e. The fourth-order valence-electron chi connectivity index (χ4n) is 4.89. The monoisotopic (exact) mass is 546 g/mol. The van der Waals surface area contributed by atoms with E-state index >= 15 is 0 Å². The topological polar surface area (TPSA) is 122 Å². The Kier molecular flexibility index (Phi) is 11.6. The van der Waals surface area contributed by atoms with Crippen molar-refractivity contribution in [3.63, 3.8) is 0 Å². The van der Waals surface area contributed by atoms with E-state index in [1.807, 2.05) is 19.9 Å². The van der Waals surface area contributed by atoms with Crippen LogP contribution in [0.5, 0.6) is 11.5 Å². The molecule has 0 unspecified atom stereocenters. The molecule has 1 aromatic carbocycles. The highest BCUT2D eigenvalue weighted by molar-refractivity contribution is 6.33. The van der Waals surface area contributed by atoms with Crippen molar-refractivity contribution in [2.45, 2.75) is 79.2 Å². The fraction of sp³-hybridized carbons (Fsp3) is 0.567. The van der Waals surface area contributed by atoms with Crippen LogP contribution in [-0.2, 0) is 16.0 Å². The Balaban J connectivity index is 2.21. The van der Waals surface area contributed by atoms with Gasteiger partial charge in [-0.2, -0.15) is 0 Å². The molecule has 1 aliphatic rings.